The average molecular weight is 485 g/mol. The van der Waals surface area contributed by atoms with Gasteiger partial charge in [0.1, 0.15) is 5.75 Å². The highest BCUT2D eigenvalue weighted by molar-refractivity contribution is 5.69. The molecule has 1 aliphatic rings. The fraction of sp³-hybridized carbons (Fsp3) is 0.577. The molecule has 2 N–H and O–H groups in total. The Morgan fingerprint density at radius 2 is 1.91 bits per heavy atom. The van der Waals surface area contributed by atoms with E-state index < -0.39 is 23.9 Å². The maximum atomic E-state index is 12.8. The third kappa shape index (κ3) is 9.50. The third-order valence-electron chi connectivity index (χ3n) is 5.68. The van der Waals surface area contributed by atoms with Crippen LogP contribution < -0.4 is 4.74 Å². The molecule has 2 rings (SSSR count). The van der Waals surface area contributed by atoms with Gasteiger partial charge in [-0.2, -0.15) is 13.2 Å². The van der Waals surface area contributed by atoms with Gasteiger partial charge in [-0.05, 0) is 63.6 Å². The van der Waals surface area contributed by atoms with Crippen LogP contribution in [0.15, 0.2) is 48.6 Å². The lowest BCUT2D eigenvalue weighted by molar-refractivity contribution is -0.147. The molecule has 8 heteroatoms. The van der Waals surface area contributed by atoms with Gasteiger partial charge >= 0.3 is 12.1 Å². The monoisotopic (exact) mass is 484 g/mol. The van der Waals surface area contributed by atoms with Crippen molar-refractivity contribution in [2.45, 2.75) is 76.9 Å². The van der Waals surface area contributed by atoms with Gasteiger partial charge in [0.2, 0.25) is 0 Å². The summed E-state index contributed by atoms with van der Waals surface area (Å²) in [4.78, 5) is 11.5. The Kier molecular flexibility index (Phi) is 11.1. The van der Waals surface area contributed by atoms with Gasteiger partial charge < -0.3 is 19.7 Å². The quantitative estimate of drug-likeness (QED) is 0.234. The number of benzene rings is 1. The molecule has 0 aliphatic heterocycles. The Labute approximate surface area is 199 Å². The summed E-state index contributed by atoms with van der Waals surface area (Å²) in [6, 6.07) is 4.75. The van der Waals surface area contributed by atoms with Crippen LogP contribution >= 0.6 is 0 Å². The molecule has 1 unspecified atom stereocenters. The van der Waals surface area contributed by atoms with Gasteiger partial charge in [-0.1, -0.05) is 30.4 Å². The van der Waals surface area contributed by atoms with Crippen molar-refractivity contribution in [3.8, 4) is 5.75 Å². The van der Waals surface area contributed by atoms with Gasteiger partial charge in [0.05, 0.1) is 30.5 Å². The van der Waals surface area contributed by atoms with Crippen LogP contribution in [0.1, 0.15) is 57.9 Å². The number of allylic oxidation sites excluding steroid dienone is 2. The van der Waals surface area contributed by atoms with E-state index in [0.717, 1.165) is 18.6 Å². The predicted molar refractivity (Wildman–Crippen MR) is 123 cm³/mol. The highest BCUT2D eigenvalue weighted by atomic mass is 19.4. The summed E-state index contributed by atoms with van der Waals surface area (Å²) in [7, 11) is 0. The minimum Gasteiger partial charge on any atom is -0.493 e. The largest absolute Gasteiger partial charge is 0.493 e. The molecule has 1 aromatic rings. The second-order valence-corrected chi connectivity index (χ2v) is 8.84. The summed E-state index contributed by atoms with van der Waals surface area (Å²) < 4.78 is 48.8. The molecular weight excluding hydrogens is 449 g/mol. The second-order valence-electron chi connectivity index (χ2n) is 8.84. The van der Waals surface area contributed by atoms with E-state index in [2.05, 4.69) is 0 Å². The van der Waals surface area contributed by atoms with E-state index in [1.165, 1.54) is 12.1 Å². The molecule has 0 aromatic heterocycles. The Morgan fingerprint density at radius 3 is 2.62 bits per heavy atom. The molecule has 0 bridgehead atoms. The van der Waals surface area contributed by atoms with Gasteiger partial charge in [-0.3, -0.25) is 4.79 Å². The summed E-state index contributed by atoms with van der Waals surface area (Å²) in [5.74, 6) is -0.396. The molecule has 1 aromatic carbocycles. The maximum absolute atomic E-state index is 12.8. The summed E-state index contributed by atoms with van der Waals surface area (Å²) in [6.07, 6.45) is 4.98. The molecule has 0 saturated heterocycles. The van der Waals surface area contributed by atoms with Crippen molar-refractivity contribution in [2.75, 3.05) is 6.61 Å². The zero-order valence-electron chi connectivity index (χ0n) is 19.7. The Balaban J connectivity index is 1.76. The number of carbonyl (C=O) groups is 1. The topological polar surface area (TPSA) is 76.0 Å². The number of hydrogen-bond donors (Lipinski definition) is 2. The summed E-state index contributed by atoms with van der Waals surface area (Å²) in [6.45, 7) is 3.83. The smallest absolute Gasteiger partial charge is 0.416 e. The van der Waals surface area contributed by atoms with Crippen molar-refractivity contribution in [3.05, 3.63) is 54.1 Å². The van der Waals surface area contributed by atoms with Crippen LogP contribution in [0.3, 0.4) is 0 Å². The summed E-state index contributed by atoms with van der Waals surface area (Å²) >= 11 is 0. The van der Waals surface area contributed by atoms with E-state index >= 15 is 0 Å². The van der Waals surface area contributed by atoms with Crippen LogP contribution in [0.4, 0.5) is 13.2 Å². The van der Waals surface area contributed by atoms with Crippen LogP contribution in [-0.2, 0) is 15.7 Å². The Hall–Kier alpha value is -2.32. The molecule has 1 fully saturated rings. The standard InChI is InChI=1S/C26H35F3O5/c1-18(2)34-25(32)14-6-4-3-5-12-21-22(24(31)17-23(21)30)13-7-8-15-33-20-11-9-10-19(16-20)26(27,28)29/h3,5,7,9-11,13,16,18,21-24,30-31H,4,6,8,12,14-15,17H2,1-2H3/b5-3-,13-7+/t21-,22?,23+,24-/m1/s1. The number of aliphatic hydroxyl groups is 2. The van der Waals surface area contributed by atoms with Gasteiger partial charge in [0.25, 0.3) is 0 Å². The lowest BCUT2D eigenvalue weighted by atomic mass is 9.90. The van der Waals surface area contributed by atoms with Crippen LogP contribution in [0.5, 0.6) is 5.75 Å². The number of unbranched alkanes of at least 4 members (excludes halogenated alkanes) is 1. The van der Waals surface area contributed by atoms with Crippen molar-refractivity contribution in [1.82, 2.24) is 0 Å². The molecule has 4 atom stereocenters. The van der Waals surface area contributed by atoms with E-state index in [1.807, 2.05) is 38.2 Å². The average Bonchev–Trinajstić information content (AvgIpc) is 3.01. The molecule has 0 heterocycles. The SMILES string of the molecule is CC(C)OC(=O)CCC/C=C\C[C@@H]1C(/C=C/CCOc2cccc(C(F)(F)F)c2)[C@H](O)C[C@@H]1O. The van der Waals surface area contributed by atoms with E-state index in [0.29, 0.717) is 32.1 Å². The van der Waals surface area contributed by atoms with Crippen molar-refractivity contribution in [3.63, 3.8) is 0 Å². The molecule has 0 radical (unpaired) electrons. The molecule has 1 aliphatic carbocycles. The van der Waals surface area contributed by atoms with Gasteiger partial charge in [0.15, 0.2) is 0 Å². The van der Waals surface area contributed by atoms with E-state index in [4.69, 9.17) is 9.47 Å². The number of halogens is 3. The second kappa shape index (κ2) is 13.5. The third-order valence-corrected chi connectivity index (χ3v) is 5.68. The minimum absolute atomic E-state index is 0.115. The van der Waals surface area contributed by atoms with Crippen LogP contribution in [0, 0.1) is 11.8 Å². The number of alkyl halides is 3. The van der Waals surface area contributed by atoms with Crippen molar-refractivity contribution in [2.24, 2.45) is 11.8 Å². The number of ether oxygens (including phenoxy) is 2. The zero-order chi connectivity index (χ0) is 25.1. The number of rotatable bonds is 12. The molecule has 5 nitrogen and oxygen atoms in total. The summed E-state index contributed by atoms with van der Waals surface area (Å²) in [5.41, 5.74) is -0.755. The number of carbonyl (C=O) groups excluding carboxylic acids is 1. The van der Waals surface area contributed by atoms with E-state index in [9.17, 15) is 28.2 Å². The molecule has 0 amide bonds. The van der Waals surface area contributed by atoms with Crippen LogP contribution in [-0.4, -0.2) is 41.1 Å². The highest BCUT2D eigenvalue weighted by Gasteiger charge is 2.39. The first kappa shape index (κ1) is 27.9. The number of hydrogen-bond acceptors (Lipinski definition) is 5. The molecule has 190 valence electrons. The fourth-order valence-electron chi connectivity index (χ4n) is 4.02. The maximum Gasteiger partial charge on any atom is 0.416 e. The highest BCUT2D eigenvalue weighted by Crippen LogP contribution is 2.36. The number of aliphatic hydroxyl groups excluding tert-OH is 2. The van der Waals surface area contributed by atoms with Gasteiger partial charge in [-0.25, -0.2) is 0 Å². The van der Waals surface area contributed by atoms with E-state index in [-0.39, 0.29) is 36.3 Å². The minimum atomic E-state index is -4.41. The molecule has 1 saturated carbocycles. The Morgan fingerprint density at radius 1 is 1.15 bits per heavy atom. The first-order valence-corrected chi connectivity index (χ1v) is 11.7. The van der Waals surface area contributed by atoms with Crippen molar-refractivity contribution in [1.29, 1.82) is 0 Å². The lowest BCUT2D eigenvalue weighted by Crippen LogP contribution is -2.19. The van der Waals surface area contributed by atoms with Crippen LogP contribution in [0.25, 0.3) is 0 Å². The predicted octanol–water partition coefficient (Wildman–Crippen LogP) is 5.46. The Bertz CT molecular complexity index is 819. The van der Waals surface area contributed by atoms with Gasteiger partial charge in [-0.15, -0.1) is 0 Å². The van der Waals surface area contributed by atoms with Gasteiger partial charge in [0, 0.05) is 18.8 Å². The lowest BCUT2D eigenvalue weighted by Gasteiger charge is -2.19. The first-order valence-electron chi connectivity index (χ1n) is 11.7. The molecular formula is C26H35F3O5. The van der Waals surface area contributed by atoms with E-state index in [1.54, 1.807) is 0 Å². The molecule has 0 spiro atoms. The fourth-order valence-corrected chi connectivity index (χ4v) is 4.02. The van der Waals surface area contributed by atoms with Crippen molar-refractivity contribution >= 4 is 5.97 Å². The molecule has 34 heavy (non-hydrogen) atoms. The first-order chi connectivity index (χ1) is 16.1. The summed E-state index contributed by atoms with van der Waals surface area (Å²) in [5, 5.41) is 20.6. The normalized spacial score (nSPS) is 23.3. The number of esters is 1. The van der Waals surface area contributed by atoms with Crippen molar-refractivity contribution < 1.29 is 37.7 Å². The van der Waals surface area contributed by atoms with Crippen LogP contribution in [0.2, 0.25) is 0 Å². The zero-order valence-corrected chi connectivity index (χ0v) is 19.7.